The monoisotopic (exact) mass is 450 g/mol. The Bertz CT molecular complexity index is 1020. The van der Waals surface area contributed by atoms with Crippen molar-refractivity contribution in [2.24, 2.45) is 7.05 Å². The molecule has 1 aromatic heterocycles. The van der Waals surface area contributed by atoms with Crippen LogP contribution in [0.15, 0.2) is 41.4 Å². The van der Waals surface area contributed by atoms with E-state index in [4.69, 9.17) is 11.6 Å². The summed E-state index contributed by atoms with van der Waals surface area (Å²) in [5.41, 5.74) is 1.45. The van der Waals surface area contributed by atoms with Gasteiger partial charge < -0.3 is 14.4 Å². The van der Waals surface area contributed by atoms with Crippen LogP contribution in [0, 0.1) is 0 Å². The molecule has 9 heteroatoms. The fraction of sp³-hybridized carbons (Fsp3) is 0.476. The van der Waals surface area contributed by atoms with Gasteiger partial charge >= 0.3 is 0 Å². The number of nitrogens with zero attached hydrogens (tertiary/aromatic N) is 4. The van der Waals surface area contributed by atoms with Crippen molar-refractivity contribution in [3.8, 4) is 0 Å². The smallest absolute Gasteiger partial charge is 0.270 e. The average molecular weight is 451 g/mol. The van der Waals surface area contributed by atoms with Crippen molar-refractivity contribution in [1.29, 1.82) is 0 Å². The summed E-state index contributed by atoms with van der Waals surface area (Å²) in [4.78, 5) is 17.3. The highest BCUT2D eigenvalue weighted by Gasteiger charge is 2.30. The Morgan fingerprint density at radius 2 is 1.67 bits per heavy atom. The molecular weight excluding hydrogens is 424 g/mol. The van der Waals surface area contributed by atoms with Gasteiger partial charge in [0.05, 0.1) is 0 Å². The van der Waals surface area contributed by atoms with Crippen molar-refractivity contribution in [2.75, 3.05) is 44.2 Å². The Labute approximate surface area is 182 Å². The summed E-state index contributed by atoms with van der Waals surface area (Å²) in [5, 5.41) is 0.692. The number of halogens is 1. The normalized spacial score (nSPS) is 18.6. The highest BCUT2D eigenvalue weighted by Crippen LogP contribution is 2.24. The molecular formula is C21H27ClN4O3S. The topological polar surface area (TPSA) is 65.9 Å². The number of aromatic nitrogens is 1. The zero-order valence-electron chi connectivity index (χ0n) is 17.1. The second-order valence-corrected chi connectivity index (χ2v) is 10.3. The summed E-state index contributed by atoms with van der Waals surface area (Å²) < 4.78 is 29.1. The van der Waals surface area contributed by atoms with Gasteiger partial charge in [-0.2, -0.15) is 4.31 Å². The zero-order valence-corrected chi connectivity index (χ0v) is 18.7. The molecule has 0 bridgehead atoms. The van der Waals surface area contributed by atoms with Crippen molar-refractivity contribution < 1.29 is 13.2 Å². The molecule has 2 aliphatic heterocycles. The fourth-order valence-corrected chi connectivity index (χ4v) is 5.92. The molecule has 0 N–H and O–H groups in total. The molecule has 2 saturated heterocycles. The predicted octanol–water partition coefficient (Wildman–Crippen LogP) is 2.82. The van der Waals surface area contributed by atoms with Crippen molar-refractivity contribution in [3.05, 3.63) is 47.2 Å². The third-order valence-corrected chi connectivity index (χ3v) is 7.99. The first-order chi connectivity index (χ1) is 14.4. The highest BCUT2D eigenvalue weighted by atomic mass is 35.5. The maximum absolute atomic E-state index is 13.1. The summed E-state index contributed by atoms with van der Waals surface area (Å²) in [6.45, 7) is 3.65. The lowest BCUT2D eigenvalue weighted by atomic mass is 10.2. The van der Waals surface area contributed by atoms with E-state index >= 15 is 0 Å². The third-order valence-electron chi connectivity index (χ3n) is 5.89. The van der Waals surface area contributed by atoms with Crippen LogP contribution in [-0.4, -0.2) is 67.4 Å². The molecule has 30 heavy (non-hydrogen) atoms. The maximum atomic E-state index is 13.1. The van der Waals surface area contributed by atoms with Crippen LogP contribution in [0.4, 0.5) is 5.69 Å². The predicted molar refractivity (Wildman–Crippen MR) is 118 cm³/mol. The van der Waals surface area contributed by atoms with Gasteiger partial charge in [-0.15, -0.1) is 0 Å². The molecule has 162 valence electrons. The van der Waals surface area contributed by atoms with Crippen LogP contribution in [0.3, 0.4) is 0 Å². The van der Waals surface area contributed by atoms with Crippen molar-refractivity contribution in [2.45, 2.75) is 24.2 Å². The van der Waals surface area contributed by atoms with Gasteiger partial charge in [0, 0.05) is 63.2 Å². The second kappa shape index (κ2) is 8.61. The van der Waals surface area contributed by atoms with Gasteiger partial charge in [0.2, 0.25) is 10.0 Å². The van der Waals surface area contributed by atoms with Gasteiger partial charge in [-0.3, -0.25) is 4.79 Å². The summed E-state index contributed by atoms with van der Waals surface area (Å²) in [6.07, 6.45) is 4.38. The minimum absolute atomic E-state index is 0.136. The molecule has 0 aliphatic carbocycles. The Morgan fingerprint density at radius 3 is 2.33 bits per heavy atom. The largest absolute Gasteiger partial charge is 0.368 e. The van der Waals surface area contributed by atoms with E-state index in [-0.39, 0.29) is 10.8 Å². The zero-order chi connectivity index (χ0) is 21.3. The first-order valence-electron chi connectivity index (χ1n) is 10.3. The summed E-state index contributed by atoms with van der Waals surface area (Å²) >= 11 is 6.09. The number of amides is 1. The second-order valence-electron chi connectivity index (χ2n) is 7.90. The van der Waals surface area contributed by atoms with Crippen molar-refractivity contribution >= 4 is 33.2 Å². The van der Waals surface area contributed by atoms with Crippen LogP contribution in [0.25, 0.3) is 0 Å². The van der Waals surface area contributed by atoms with E-state index in [0.717, 1.165) is 24.9 Å². The van der Waals surface area contributed by atoms with Gasteiger partial charge in [-0.05, 0) is 37.1 Å². The molecule has 0 saturated carbocycles. The minimum atomic E-state index is -3.56. The Hall–Kier alpha value is -2.03. The van der Waals surface area contributed by atoms with E-state index in [9.17, 15) is 13.2 Å². The Balaban J connectivity index is 1.45. The van der Waals surface area contributed by atoms with Gasteiger partial charge in [0.15, 0.2) is 0 Å². The molecule has 0 spiro atoms. The van der Waals surface area contributed by atoms with E-state index in [0.29, 0.717) is 50.0 Å². The first-order valence-corrected chi connectivity index (χ1v) is 12.1. The Kier molecular flexibility index (Phi) is 6.09. The van der Waals surface area contributed by atoms with E-state index in [1.165, 1.54) is 10.4 Å². The van der Waals surface area contributed by atoms with E-state index in [1.807, 2.05) is 24.3 Å². The molecule has 0 unspecified atom stereocenters. The number of hydrogen-bond acceptors (Lipinski definition) is 4. The summed E-state index contributed by atoms with van der Waals surface area (Å²) in [5.74, 6) is -0.136. The average Bonchev–Trinajstić information content (AvgIpc) is 3.16. The van der Waals surface area contributed by atoms with Crippen molar-refractivity contribution in [3.63, 3.8) is 0 Å². The summed E-state index contributed by atoms with van der Waals surface area (Å²) in [7, 11) is -1.83. The number of anilines is 1. The van der Waals surface area contributed by atoms with Crippen LogP contribution >= 0.6 is 11.6 Å². The molecule has 2 aromatic rings. The number of carbonyl (C=O) groups excluding carboxylic acids is 1. The summed E-state index contributed by atoms with van der Waals surface area (Å²) in [6, 6.07) is 9.22. The van der Waals surface area contributed by atoms with Crippen LogP contribution in [0.5, 0.6) is 0 Å². The maximum Gasteiger partial charge on any atom is 0.270 e. The molecule has 1 amide bonds. The van der Waals surface area contributed by atoms with E-state index in [2.05, 4.69) is 4.90 Å². The number of sulfonamides is 1. The number of hydrogen-bond donors (Lipinski definition) is 0. The number of aryl methyl sites for hydroxylation is 1. The lowest BCUT2D eigenvalue weighted by molar-refractivity contribution is 0.0737. The molecule has 1 aromatic carbocycles. The molecule has 4 rings (SSSR count). The molecule has 3 heterocycles. The van der Waals surface area contributed by atoms with E-state index < -0.39 is 10.0 Å². The van der Waals surface area contributed by atoms with Gasteiger partial charge in [-0.1, -0.05) is 24.1 Å². The number of carbonyl (C=O) groups is 1. The number of rotatable bonds is 4. The van der Waals surface area contributed by atoms with Crippen LogP contribution in [-0.2, 0) is 17.1 Å². The third kappa shape index (κ3) is 4.22. The highest BCUT2D eigenvalue weighted by molar-refractivity contribution is 7.89. The number of piperidine rings is 1. The lowest BCUT2D eigenvalue weighted by Crippen LogP contribution is -2.49. The quantitative estimate of drug-likeness (QED) is 0.718. The molecule has 7 nitrogen and oxygen atoms in total. The Morgan fingerprint density at radius 1 is 0.967 bits per heavy atom. The van der Waals surface area contributed by atoms with Gasteiger partial charge in [0.25, 0.3) is 5.91 Å². The van der Waals surface area contributed by atoms with Crippen LogP contribution in [0.1, 0.15) is 29.8 Å². The van der Waals surface area contributed by atoms with Gasteiger partial charge in [-0.25, -0.2) is 8.42 Å². The lowest BCUT2D eigenvalue weighted by Gasteiger charge is -2.36. The first kappa shape index (κ1) is 21.2. The van der Waals surface area contributed by atoms with Crippen LogP contribution < -0.4 is 4.90 Å². The standard InChI is InChI=1S/C21H27ClN4O3S/c1-23-16-19(30(28,29)26-8-3-2-4-9-26)15-20(23)21(27)25-12-10-24(11-13-25)18-7-5-6-17(22)14-18/h5-7,14-16H,2-4,8-13H2,1H3. The van der Waals surface area contributed by atoms with E-state index in [1.54, 1.807) is 22.7 Å². The minimum Gasteiger partial charge on any atom is -0.368 e. The number of piperazine rings is 1. The van der Waals surface area contributed by atoms with Crippen LogP contribution in [0.2, 0.25) is 5.02 Å². The SMILES string of the molecule is Cn1cc(S(=O)(=O)N2CCCCC2)cc1C(=O)N1CCN(c2cccc(Cl)c2)CC1. The molecule has 2 fully saturated rings. The van der Waals surface area contributed by atoms with Gasteiger partial charge in [0.1, 0.15) is 10.6 Å². The molecule has 0 radical (unpaired) electrons. The number of benzene rings is 1. The molecule has 0 atom stereocenters. The fourth-order valence-electron chi connectivity index (χ4n) is 4.14. The molecule has 2 aliphatic rings. The van der Waals surface area contributed by atoms with Crippen molar-refractivity contribution in [1.82, 2.24) is 13.8 Å².